The van der Waals surface area contributed by atoms with E-state index in [1.165, 1.54) is 38.8 Å². The van der Waals surface area contributed by atoms with Crippen LogP contribution in [0.2, 0.25) is 0 Å². The average molecular weight is 251 g/mol. The zero-order valence-corrected chi connectivity index (χ0v) is 12.2. The Morgan fingerprint density at radius 1 is 1.22 bits per heavy atom. The van der Waals surface area contributed by atoms with Crippen LogP contribution in [0.3, 0.4) is 0 Å². The Labute approximate surface area is 112 Å². The minimum Gasteiger partial charge on any atom is -0.302 e. The molecule has 0 N–H and O–H groups in total. The fraction of sp³-hybridized carbons (Fsp3) is 0.938. The summed E-state index contributed by atoms with van der Waals surface area (Å²) in [5.41, 5.74) is 0. The van der Waals surface area contributed by atoms with Crippen LogP contribution < -0.4 is 0 Å². The number of hydrogen-bond acceptors (Lipinski definition) is 2. The Morgan fingerprint density at radius 3 is 2.78 bits per heavy atom. The van der Waals surface area contributed by atoms with Crippen LogP contribution in [0.15, 0.2) is 0 Å². The largest absolute Gasteiger partial charge is 0.302 e. The molecule has 3 unspecified atom stereocenters. The molecule has 2 nitrogen and oxygen atoms in total. The van der Waals surface area contributed by atoms with Gasteiger partial charge < -0.3 is 4.90 Å². The average Bonchev–Trinajstić information content (AvgIpc) is 2.80. The second-order valence-electron chi connectivity index (χ2n) is 6.41. The molecule has 0 spiro atoms. The third-order valence-corrected chi connectivity index (χ3v) is 5.00. The monoisotopic (exact) mass is 251 g/mol. The highest BCUT2D eigenvalue weighted by atomic mass is 16.1. The van der Waals surface area contributed by atoms with Crippen molar-refractivity contribution in [3.05, 3.63) is 0 Å². The summed E-state index contributed by atoms with van der Waals surface area (Å²) in [6, 6.07) is 0. The van der Waals surface area contributed by atoms with Crippen LogP contribution >= 0.6 is 0 Å². The van der Waals surface area contributed by atoms with Crippen molar-refractivity contribution in [2.24, 2.45) is 17.8 Å². The maximum Gasteiger partial charge on any atom is 0.137 e. The van der Waals surface area contributed by atoms with Crippen molar-refractivity contribution in [3.63, 3.8) is 0 Å². The third kappa shape index (κ3) is 3.57. The number of hydrogen-bond donors (Lipinski definition) is 0. The molecule has 1 aliphatic heterocycles. The van der Waals surface area contributed by atoms with Crippen LogP contribution in [0, 0.1) is 17.8 Å². The minimum atomic E-state index is 0.351. The van der Waals surface area contributed by atoms with Gasteiger partial charge in [-0.2, -0.15) is 0 Å². The maximum atomic E-state index is 12.0. The van der Waals surface area contributed by atoms with Crippen molar-refractivity contribution in [3.8, 4) is 0 Å². The number of carbonyl (C=O) groups is 1. The van der Waals surface area contributed by atoms with Gasteiger partial charge in [0, 0.05) is 25.4 Å². The molecule has 2 rings (SSSR count). The summed E-state index contributed by atoms with van der Waals surface area (Å²) in [6.07, 6.45) is 8.42. The van der Waals surface area contributed by atoms with Gasteiger partial charge in [0.25, 0.3) is 0 Å². The third-order valence-electron chi connectivity index (χ3n) is 5.00. The highest BCUT2D eigenvalue weighted by molar-refractivity contribution is 5.81. The predicted molar refractivity (Wildman–Crippen MR) is 75.6 cm³/mol. The van der Waals surface area contributed by atoms with E-state index in [4.69, 9.17) is 0 Å². The highest BCUT2D eigenvalue weighted by Gasteiger charge is 2.31. The van der Waals surface area contributed by atoms with E-state index in [1.807, 2.05) is 0 Å². The van der Waals surface area contributed by atoms with E-state index in [2.05, 4.69) is 18.7 Å². The van der Waals surface area contributed by atoms with Gasteiger partial charge in [-0.25, -0.2) is 0 Å². The van der Waals surface area contributed by atoms with Crippen molar-refractivity contribution < 1.29 is 4.79 Å². The van der Waals surface area contributed by atoms with Gasteiger partial charge in [-0.1, -0.05) is 26.7 Å². The summed E-state index contributed by atoms with van der Waals surface area (Å²) in [4.78, 5) is 14.6. The lowest BCUT2D eigenvalue weighted by Gasteiger charge is -2.30. The van der Waals surface area contributed by atoms with E-state index in [1.54, 1.807) is 0 Å². The lowest BCUT2D eigenvalue weighted by molar-refractivity contribution is -0.126. The molecule has 0 aromatic rings. The molecule has 0 aromatic heterocycles. The van der Waals surface area contributed by atoms with E-state index in [0.29, 0.717) is 11.7 Å². The number of carbonyl (C=O) groups excluding carboxylic acids is 1. The quantitative estimate of drug-likeness (QED) is 0.745. The summed E-state index contributed by atoms with van der Waals surface area (Å²) >= 11 is 0. The SMILES string of the molecule is CCCC1CCN(CC2CC(CC)CCC2=O)C1. The lowest BCUT2D eigenvalue weighted by Crippen LogP contribution is -2.35. The molecule has 1 heterocycles. The molecule has 2 heteroatoms. The summed E-state index contributed by atoms with van der Waals surface area (Å²) < 4.78 is 0. The molecule has 0 radical (unpaired) electrons. The van der Waals surface area contributed by atoms with Crippen molar-refractivity contribution >= 4 is 5.78 Å². The molecule has 2 fully saturated rings. The van der Waals surface area contributed by atoms with E-state index in [9.17, 15) is 4.79 Å². The molecule has 2 aliphatic rings. The first kappa shape index (κ1) is 14.0. The van der Waals surface area contributed by atoms with Gasteiger partial charge in [0.05, 0.1) is 0 Å². The highest BCUT2D eigenvalue weighted by Crippen LogP contribution is 2.30. The van der Waals surface area contributed by atoms with E-state index >= 15 is 0 Å². The fourth-order valence-electron chi connectivity index (χ4n) is 3.78. The van der Waals surface area contributed by atoms with Gasteiger partial charge in [0.15, 0.2) is 0 Å². The molecular weight excluding hydrogens is 222 g/mol. The summed E-state index contributed by atoms with van der Waals surface area (Å²) in [5.74, 6) is 2.60. The van der Waals surface area contributed by atoms with Gasteiger partial charge in [-0.3, -0.25) is 4.79 Å². The zero-order valence-electron chi connectivity index (χ0n) is 12.2. The van der Waals surface area contributed by atoms with E-state index in [0.717, 1.165) is 37.6 Å². The van der Waals surface area contributed by atoms with Crippen LogP contribution in [0.4, 0.5) is 0 Å². The minimum absolute atomic E-state index is 0.351. The first-order valence-electron chi connectivity index (χ1n) is 7.98. The first-order chi connectivity index (χ1) is 8.72. The molecule has 3 atom stereocenters. The molecule has 104 valence electrons. The molecule has 0 amide bonds. The standard InChI is InChI=1S/C16H29NO/c1-3-5-14-8-9-17(11-14)12-15-10-13(4-2)6-7-16(15)18/h13-15H,3-12H2,1-2H3. The van der Waals surface area contributed by atoms with Crippen LogP contribution in [0.25, 0.3) is 0 Å². The number of nitrogens with zero attached hydrogens (tertiary/aromatic N) is 1. The van der Waals surface area contributed by atoms with Crippen LogP contribution in [0.1, 0.15) is 58.8 Å². The molecule has 1 saturated carbocycles. The van der Waals surface area contributed by atoms with Gasteiger partial charge in [-0.05, 0) is 44.1 Å². The summed E-state index contributed by atoms with van der Waals surface area (Å²) in [6.45, 7) is 8.07. The molecule has 0 bridgehead atoms. The van der Waals surface area contributed by atoms with Gasteiger partial charge in [0.1, 0.15) is 5.78 Å². The van der Waals surface area contributed by atoms with Crippen molar-refractivity contribution in [2.75, 3.05) is 19.6 Å². The topological polar surface area (TPSA) is 20.3 Å². The van der Waals surface area contributed by atoms with Gasteiger partial charge in [-0.15, -0.1) is 0 Å². The number of rotatable bonds is 5. The second kappa shape index (κ2) is 6.70. The molecule has 1 aliphatic carbocycles. The van der Waals surface area contributed by atoms with Crippen molar-refractivity contribution in [1.82, 2.24) is 4.90 Å². The summed E-state index contributed by atoms with van der Waals surface area (Å²) in [7, 11) is 0. The van der Waals surface area contributed by atoms with Crippen LogP contribution in [0.5, 0.6) is 0 Å². The Bertz CT molecular complexity index is 276. The van der Waals surface area contributed by atoms with Gasteiger partial charge >= 0.3 is 0 Å². The normalized spacial score (nSPS) is 34.1. The predicted octanol–water partition coefficient (Wildman–Crippen LogP) is 3.50. The first-order valence-corrected chi connectivity index (χ1v) is 7.98. The Kier molecular flexibility index (Phi) is 5.23. The van der Waals surface area contributed by atoms with E-state index < -0.39 is 0 Å². The molecule has 18 heavy (non-hydrogen) atoms. The fourth-order valence-corrected chi connectivity index (χ4v) is 3.78. The number of ketones is 1. The van der Waals surface area contributed by atoms with Crippen molar-refractivity contribution in [2.45, 2.75) is 58.8 Å². The molecule has 1 saturated heterocycles. The Balaban J connectivity index is 1.79. The number of Topliss-reactive ketones (excluding diaryl/α,β-unsaturated/α-hetero) is 1. The maximum absolute atomic E-state index is 12.0. The molecule has 0 aromatic carbocycles. The Morgan fingerprint density at radius 2 is 2.06 bits per heavy atom. The van der Waals surface area contributed by atoms with Crippen LogP contribution in [-0.4, -0.2) is 30.3 Å². The zero-order chi connectivity index (χ0) is 13.0. The van der Waals surface area contributed by atoms with Crippen molar-refractivity contribution in [1.29, 1.82) is 0 Å². The Hall–Kier alpha value is -0.370. The number of likely N-dealkylation sites (tertiary alicyclic amines) is 1. The van der Waals surface area contributed by atoms with E-state index in [-0.39, 0.29) is 0 Å². The smallest absolute Gasteiger partial charge is 0.137 e. The van der Waals surface area contributed by atoms with Crippen LogP contribution in [-0.2, 0) is 4.79 Å². The summed E-state index contributed by atoms with van der Waals surface area (Å²) in [5, 5.41) is 0. The lowest BCUT2D eigenvalue weighted by atomic mass is 9.79. The molecular formula is C16H29NO. The van der Waals surface area contributed by atoms with Gasteiger partial charge in [0.2, 0.25) is 0 Å². The second-order valence-corrected chi connectivity index (χ2v) is 6.41.